The Hall–Kier alpha value is -2.14. The van der Waals surface area contributed by atoms with Crippen molar-refractivity contribution in [2.75, 3.05) is 18.4 Å². The minimum atomic E-state index is -0.149. The van der Waals surface area contributed by atoms with Crippen LogP contribution in [-0.4, -0.2) is 29.2 Å². The minimum absolute atomic E-state index is 0.149. The second-order valence-corrected chi connectivity index (χ2v) is 4.69. The van der Waals surface area contributed by atoms with E-state index in [0.29, 0.717) is 29.5 Å². The van der Waals surface area contributed by atoms with Crippen molar-refractivity contribution < 1.29 is 4.79 Å². The van der Waals surface area contributed by atoms with E-state index in [1.165, 1.54) is 0 Å². The number of anilines is 1. The standard InChI is InChI=1S/C14H15ClN4O/c1-10-5-6-13(19-18-10)16-7-8-17-14(20)11-3-2-4-12(15)9-11/h2-6,9H,7-8H2,1H3,(H,16,19)(H,17,20). The molecular weight excluding hydrogens is 276 g/mol. The Kier molecular flexibility index (Phi) is 4.90. The van der Waals surface area contributed by atoms with E-state index in [9.17, 15) is 4.79 Å². The number of rotatable bonds is 5. The summed E-state index contributed by atoms with van der Waals surface area (Å²) < 4.78 is 0. The van der Waals surface area contributed by atoms with E-state index in [0.717, 1.165) is 5.69 Å². The van der Waals surface area contributed by atoms with Gasteiger partial charge in [-0.2, -0.15) is 5.10 Å². The van der Waals surface area contributed by atoms with Gasteiger partial charge in [-0.25, -0.2) is 0 Å². The van der Waals surface area contributed by atoms with E-state index >= 15 is 0 Å². The molecule has 0 saturated heterocycles. The number of hydrogen-bond donors (Lipinski definition) is 2. The third kappa shape index (κ3) is 4.20. The van der Waals surface area contributed by atoms with Crippen LogP contribution in [0.15, 0.2) is 36.4 Å². The number of hydrogen-bond acceptors (Lipinski definition) is 4. The molecule has 1 amide bonds. The lowest BCUT2D eigenvalue weighted by Gasteiger charge is -2.07. The van der Waals surface area contributed by atoms with Gasteiger partial charge < -0.3 is 10.6 Å². The lowest BCUT2D eigenvalue weighted by atomic mass is 10.2. The number of amides is 1. The van der Waals surface area contributed by atoms with Crippen molar-refractivity contribution in [2.24, 2.45) is 0 Å². The molecule has 0 spiro atoms. The molecule has 1 heterocycles. The average Bonchev–Trinajstić information content (AvgIpc) is 2.45. The Morgan fingerprint density at radius 2 is 2.05 bits per heavy atom. The molecule has 20 heavy (non-hydrogen) atoms. The van der Waals surface area contributed by atoms with E-state index in [1.807, 2.05) is 19.1 Å². The summed E-state index contributed by atoms with van der Waals surface area (Å²) in [6.45, 7) is 2.94. The topological polar surface area (TPSA) is 66.9 Å². The predicted molar refractivity (Wildman–Crippen MR) is 79.0 cm³/mol. The summed E-state index contributed by atoms with van der Waals surface area (Å²) in [6.07, 6.45) is 0. The van der Waals surface area contributed by atoms with Gasteiger partial charge in [0, 0.05) is 23.7 Å². The fraction of sp³-hybridized carbons (Fsp3) is 0.214. The highest BCUT2D eigenvalue weighted by molar-refractivity contribution is 6.30. The number of aryl methyl sites for hydroxylation is 1. The van der Waals surface area contributed by atoms with E-state index in [2.05, 4.69) is 20.8 Å². The van der Waals surface area contributed by atoms with Crippen LogP contribution in [0.3, 0.4) is 0 Å². The molecule has 0 aliphatic carbocycles. The van der Waals surface area contributed by atoms with Crippen LogP contribution in [-0.2, 0) is 0 Å². The Bertz CT molecular complexity index is 586. The zero-order chi connectivity index (χ0) is 14.4. The van der Waals surface area contributed by atoms with Gasteiger partial charge >= 0.3 is 0 Å². The summed E-state index contributed by atoms with van der Waals surface area (Å²) in [7, 11) is 0. The first-order valence-electron chi connectivity index (χ1n) is 6.23. The number of benzene rings is 1. The lowest BCUT2D eigenvalue weighted by Crippen LogP contribution is -2.28. The van der Waals surface area contributed by atoms with Crippen molar-refractivity contribution in [1.29, 1.82) is 0 Å². The monoisotopic (exact) mass is 290 g/mol. The fourth-order valence-corrected chi connectivity index (χ4v) is 1.78. The molecule has 2 N–H and O–H groups in total. The maximum absolute atomic E-state index is 11.8. The quantitative estimate of drug-likeness (QED) is 0.829. The largest absolute Gasteiger partial charge is 0.367 e. The number of aromatic nitrogens is 2. The molecule has 0 saturated carbocycles. The normalized spacial score (nSPS) is 10.1. The molecule has 104 valence electrons. The molecule has 0 atom stereocenters. The number of halogens is 1. The molecule has 2 aromatic rings. The van der Waals surface area contributed by atoms with E-state index < -0.39 is 0 Å². The summed E-state index contributed by atoms with van der Waals surface area (Å²) >= 11 is 5.84. The van der Waals surface area contributed by atoms with Gasteiger partial charge in [0.25, 0.3) is 5.91 Å². The summed E-state index contributed by atoms with van der Waals surface area (Å²) in [5.74, 6) is 0.539. The van der Waals surface area contributed by atoms with Gasteiger partial charge in [0.05, 0.1) is 5.69 Å². The molecule has 0 unspecified atom stereocenters. The SMILES string of the molecule is Cc1ccc(NCCNC(=O)c2cccc(Cl)c2)nn1. The van der Waals surface area contributed by atoms with Crippen LogP contribution in [0.25, 0.3) is 0 Å². The first-order valence-corrected chi connectivity index (χ1v) is 6.61. The summed E-state index contributed by atoms with van der Waals surface area (Å²) in [4.78, 5) is 11.8. The van der Waals surface area contributed by atoms with Crippen LogP contribution in [0.5, 0.6) is 0 Å². The van der Waals surface area contributed by atoms with Crippen LogP contribution in [0.2, 0.25) is 5.02 Å². The van der Waals surface area contributed by atoms with E-state index in [4.69, 9.17) is 11.6 Å². The maximum Gasteiger partial charge on any atom is 0.251 e. The summed E-state index contributed by atoms with van der Waals surface area (Å²) in [5.41, 5.74) is 1.41. The smallest absolute Gasteiger partial charge is 0.251 e. The predicted octanol–water partition coefficient (Wildman–Crippen LogP) is 2.28. The third-order valence-corrected chi connectivity index (χ3v) is 2.84. The molecule has 0 aliphatic heterocycles. The molecule has 6 heteroatoms. The third-order valence-electron chi connectivity index (χ3n) is 2.60. The summed E-state index contributed by atoms with van der Waals surface area (Å²) in [6, 6.07) is 10.6. The molecule has 0 bridgehead atoms. The highest BCUT2D eigenvalue weighted by atomic mass is 35.5. The molecule has 2 rings (SSSR count). The van der Waals surface area contributed by atoms with Gasteiger partial charge in [-0.15, -0.1) is 5.10 Å². The molecule has 1 aromatic heterocycles. The van der Waals surface area contributed by atoms with Crippen LogP contribution < -0.4 is 10.6 Å². The minimum Gasteiger partial charge on any atom is -0.367 e. The van der Waals surface area contributed by atoms with Crippen LogP contribution in [0, 0.1) is 6.92 Å². The number of carbonyl (C=O) groups excluding carboxylic acids is 1. The second kappa shape index (κ2) is 6.86. The Morgan fingerprint density at radius 3 is 2.75 bits per heavy atom. The van der Waals surface area contributed by atoms with E-state index in [1.54, 1.807) is 24.3 Å². The van der Waals surface area contributed by atoms with Gasteiger partial charge in [-0.05, 0) is 37.3 Å². The van der Waals surface area contributed by atoms with Gasteiger partial charge in [0.1, 0.15) is 5.82 Å². The van der Waals surface area contributed by atoms with Crippen molar-refractivity contribution in [1.82, 2.24) is 15.5 Å². The van der Waals surface area contributed by atoms with Crippen molar-refractivity contribution in [3.63, 3.8) is 0 Å². The first-order chi connectivity index (χ1) is 9.65. The Morgan fingerprint density at radius 1 is 1.20 bits per heavy atom. The molecule has 5 nitrogen and oxygen atoms in total. The molecular formula is C14H15ClN4O. The van der Waals surface area contributed by atoms with Crippen molar-refractivity contribution in [3.8, 4) is 0 Å². The number of nitrogens with one attached hydrogen (secondary N) is 2. The Labute approximate surface area is 122 Å². The molecule has 1 aromatic carbocycles. The van der Waals surface area contributed by atoms with Crippen LogP contribution in [0.1, 0.15) is 16.1 Å². The molecule has 0 aliphatic rings. The number of nitrogens with zero attached hydrogens (tertiary/aromatic N) is 2. The first kappa shape index (κ1) is 14.3. The second-order valence-electron chi connectivity index (χ2n) is 4.25. The lowest BCUT2D eigenvalue weighted by molar-refractivity contribution is 0.0955. The molecule has 0 fully saturated rings. The highest BCUT2D eigenvalue weighted by Crippen LogP contribution is 2.10. The van der Waals surface area contributed by atoms with Gasteiger partial charge in [-0.3, -0.25) is 4.79 Å². The fourth-order valence-electron chi connectivity index (χ4n) is 1.59. The average molecular weight is 291 g/mol. The van der Waals surface area contributed by atoms with Crippen molar-refractivity contribution in [3.05, 3.63) is 52.7 Å². The van der Waals surface area contributed by atoms with Crippen molar-refractivity contribution >= 4 is 23.3 Å². The summed E-state index contributed by atoms with van der Waals surface area (Å²) in [5, 5.41) is 14.3. The van der Waals surface area contributed by atoms with Crippen molar-refractivity contribution in [2.45, 2.75) is 6.92 Å². The number of carbonyl (C=O) groups is 1. The van der Waals surface area contributed by atoms with Crippen LogP contribution >= 0.6 is 11.6 Å². The molecule has 0 radical (unpaired) electrons. The van der Waals surface area contributed by atoms with Crippen LogP contribution in [0.4, 0.5) is 5.82 Å². The van der Waals surface area contributed by atoms with Gasteiger partial charge in [0.2, 0.25) is 0 Å². The highest BCUT2D eigenvalue weighted by Gasteiger charge is 2.04. The maximum atomic E-state index is 11.8. The Balaban J connectivity index is 1.76. The van der Waals surface area contributed by atoms with Gasteiger partial charge in [-0.1, -0.05) is 17.7 Å². The zero-order valence-corrected chi connectivity index (χ0v) is 11.8. The van der Waals surface area contributed by atoms with E-state index in [-0.39, 0.29) is 5.91 Å². The zero-order valence-electron chi connectivity index (χ0n) is 11.1. The van der Waals surface area contributed by atoms with Gasteiger partial charge in [0.15, 0.2) is 0 Å².